The van der Waals surface area contributed by atoms with Crippen LogP contribution in [0.15, 0.2) is 72.9 Å². The van der Waals surface area contributed by atoms with Crippen LogP contribution >= 0.6 is 0 Å². The summed E-state index contributed by atoms with van der Waals surface area (Å²) in [4.78, 5) is 9.19. The molecule has 0 bridgehead atoms. The number of hydrogen-bond donors (Lipinski definition) is 0. The molecule has 0 aliphatic heterocycles. The number of benzene rings is 2. The fraction of sp³-hybridized carbons (Fsp3) is 0. The van der Waals surface area contributed by atoms with Crippen molar-refractivity contribution in [1.82, 2.24) is 9.97 Å². The van der Waals surface area contributed by atoms with Crippen LogP contribution in [0.3, 0.4) is 0 Å². The van der Waals surface area contributed by atoms with Crippen LogP contribution in [0, 0.1) is 0 Å². The molecule has 20 heavy (non-hydrogen) atoms. The Hall–Kier alpha value is -2.74. The molecule has 0 atom stereocenters. The van der Waals surface area contributed by atoms with E-state index in [4.69, 9.17) is 4.98 Å². The topological polar surface area (TPSA) is 25.8 Å². The minimum Gasteiger partial charge on any atom is -0.256 e. The van der Waals surface area contributed by atoms with E-state index in [9.17, 15) is 0 Å². The summed E-state index contributed by atoms with van der Waals surface area (Å²) in [7, 11) is 0. The average Bonchev–Trinajstić information content (AvgIpc) is 2.53. The molecule has 0 amide bonds. The number of pyridine rings is 2. The maximum Gasteiger partial charge on any atom is 0.0716 e. The molecule has 0 fully saturated rings. The van der Waals surface area contributed by atoms with Crippen molar-refractivity contribution in [2.45, 2.75) is 0 Å². The molecule has 0 unspecified atom stereocenters. The first-order valence-corrected chi connectivity index (χ1v) is 6.62. The molecule has 2 aromatic heterocycles. The second kappa shape index (κ2) is 4.42. The predicted octanol–water partition coefficient (Wildman–Crippen LogP) is 4.45. The molecular formula is C18H12N2. The maximum absolute atomic E-state index is 4.74. The average molecular weight is 256 g/mol. The summed E-state index contributed by atoms with van der Waals surface area (Å²) >= 11 is 0. The van der Waals surface area contributed by atoms with Crippen molar-refractivity contribution in [1.29, 1.82) is 0 Å². The van der Waals surface area contributed by atoms with Gasteiger partial charge in [0.15, 0.2) is 0 Å². The first-order chi connectivity index (χ1) is 9.92. The van der Waals surface area contributed by atoms with E-state index in [1.807, 2.05) is 54.7 Å². The zero-order valence-corrected chi connectivity index (χ0v) is 10.8. The molecule has 4 rings (SSSR count). The highest BCUT2D eigenvalue weighted by atomic mass is 14.7. The lowest BCUT2D eigenvalue weighted by atomic mass is 10.0. The minimum atomic E-state index is 0.982. The summed E-state index contributed by atoms with van der Waals surface area (Å²) < 4.78 is 0. The molecule has 2 heteroatoms. The Morgan fingerprint density at radius 1 is 0.700 bits per heavy atom. The van der Waals surface area contributed by atoms with Crippen molar-refractivity contribution in [3.63, 3.8) is 0 Å². The minimum absolute atomic E-state index is 0.982. The van der Waals surface area contributed by atoms with Crippen LogP contribution < -0.4 is 0 Å². The van der Waals surface area contributed by atoms with Gasteiger partial charge in [-0.05, 0) is 30.3 Å². The van der Waals surface area contributed by atoms with Gasteiger partial charge in [-0.15, -0.1) is 0 Å². The van der Waals surface area contributed by atoms with Crippen molar-refractivity contribution in [2.75, 3.05) is 0 Å². The van der Waals surface area contributed by atoms with Crippen LogP contribution in [0.2, 0.25) is 0 Å². The lowest BCUT2D eigenvalue weighted by Crippen LogP contribution is -1.87. The molecule has 0 aliphatic carbocycles. The summed E-state index contributed by atoms with van der Waals surface area (Å²) in [5, 5.41) is 2.30. The number of nitrogens with zero attached hydrogens (tertiary/aromatic N) is 2. The summed E-state index contributed by atoms with van der Waals surface area (Å²) in [5.41, 5.74) is 4.14. The Kier molecular flexibility index (Phi) is 2.46. The van der Waals surface area contributed by atoms with E-state index in [1.165, 1.54) is 0 Å². The summed E-state index contributed by atoms with van der Waals surface area (Å²) in [5.74, 6) is 0. The van der Waals surface area contributed by atoms with Crippen molar-refractivity contribution in [3.05, 3.63) is 72.9 Å². The SMILES string of the molecule is c1ccc(-c2cccc3nc4ccccc4cc23)nc1. The van der Waals surface area contributed by atoms with Gasteiger partial charge in [0.1, 0.15) is 0 Å². The van der Waals surface area contributed by atoms with E-state index < -0.39 is 0 Å². The molecule has 0 saturated carbocycles. The quantitative estimate of drug-likeness (QED) is 0.470. The highest BCUT2D eigenvalue weighted by Crippen LogP contribution is 2.28. The Morgan fingerprint density at radius 2 is 1.55 bits per heavy atom. The van der Waals surface area contributed by atoms with Crippen molar-refractivity contribution in [2.24, 2.45) is 0 Å². The second-order valence-electron chi connectivity index (χ2n) is 4.77. The number of fused-ring (bicyclic) bond motifs is 2. The summed E-state index contributed by atoms with van der Waals surface area (Å²) in [6, 6.07) is 22.6. The van der Waals surface area contributed by atoms with Gasteiger partial charge in [-0.2, -0.15) is 0 Å². The van der Waals surface area contributed by atoms with Crippen LogP contribution in [0.1, 0.15) is 0 Å². The van der Waals surface area contributed by atoms with Gasteiger partial charge in [0.25, 0.3) is 0 Å². The van der Waals surface area contributed by atoms with Crippen LogP contribution in [-0.4, -0.2) is 9.97 Å². The number of rotatable bonds is 1. The van der Waals surface area contributed by atoms with E-state index in [1.54, 1.807) is 0 Å². The molecule has 94 valence electrons. The standard InChI is InChI=1S/C18H12N2/c1-2-8-16-13(6-1)12-15-14(7-5-10-18(15)20-16)17-9-3-4-11-19-17/h1-12H. The Morgan fingerprint density at radius 3 is 2.45 bits per heavy atom. The van der Waals surface area contributed by atoms with Crippen molar-refractivity contribution < 1.29 is 0 Å². The third kappa shape index (κ3) is 1.74. The Bertz CT molecular complexity index is 899. The van der Waals surface area contributed by atoms with Gasteiger partial charge >= 0.3 is 0 Å². The van der Waals surface area contributed by atoms with Crippen LogP contribution in [0.25, 0.3) is 33.1 Å². The van der Waals surface area contributed by atoms with Gasteiger partial charge in [-0.3, -0.25) is 4.98 Å². The van der Waals surface area contributed by atoms with Gasteiger partial charge in [-0.25, -0.2) is 4.98 Å². The van der Waals surface area contributed by atoms with Crippen molar-refractivity contribution in [3.8, 4) is 11.3 Å². The second-order valence-corrected chi connectivity index (χ2v) is 4.77. The molecule has 0 saturated heterocycles. The Labute approximate surface area is 116 Å². The zero-order valence-electron chi connectivity index (χ0n) is 10.8. The molecule has 0 N–H and O–H groups in total. The van der Waals surface area contributed by atoms with Crippen LogP contribution in [-0.2, 0) is 0 Å². The molecule has 0 radical (unpaired) electrons. The number of para-hydroxylation sites is 1. The Balaban J connectivity index is 2.09. The zero-order chi connectivity index (χ0) is 13.4. The molecule has 2 heterocycles. The number of aromatic nitrogens is 2. The van der Waals surface area contributed by atoms with E-state index in [2.05, 4.69) is 23.2 Å². The highest BCUT2D eigenvalue weighted by molar-refractivity contribution is 6.00. The molecule has 0 aliphatic rings. The molecule has 2 aromatic carbocycles. The first-order valence-electron chi connectivity index (χ1n) is 6.62. The van der Waals surface area contributed by atoms with Gasteiger partial charge in [-0.1, -0.05) is 36.4 Å². The fourth-order valence-corrected chi connectivity index (χ4v) is 2.54. The van der Waals surface area contributed by atoms with Gasteiger partial charge in [0, 0.05) is 22.5 Å². The summed E-state index contributed by atoms with van der Waals surface area (Å²) in [6.07, 6.45) is 1.82. The highest BCUT2D eigenvalue weighted by Gasteiger charge is 2.06. The predicted molar refractivity (Wildman–Crippen MR) is 82.5 cm³/mol. The van der Waals surface area contributed by atoms with Gasteiger partial charge < -0.3 is 0 Å². The van der Waals surface area contributed by atoms with Crippen LogP contribution in [0.4, 0.5) is 0 Å². The molecule has 0 spiro atoms. The summed E-state index contributed by atoms with van der Waals surface area (Å²) in [6.45, 7) is 0. The lowest BCUT2D eigenvalue weighted by Gasteiger charge is -2.07. The fourth-order valence-electron chi connectivity index (χ4n) is 2.54. The van der Waals surface area contributed by atoms with Crippen molar-refractivity contribution >= 4 is 21.8 Å². The molecule has 4 aromatic rings. The maximum atomic E-state index is 4.74. The normalized spacial score (nSPS) is 11.0. The largest absolute Gasteiger partial charge is 0.256 e. The van der Waals surface area contributed by atoms with Gasteiger partial charge in [0.05, 0.1) is 16.7 Å². The molecule has 2 nitrogen and oxygen atoms in total. The molecular weight excluding hydrogens is 244 g/mol. The smallest absolute Gasteiger partial charge is 0.0716 e. The van der Waals surface area contributed by atoms with E-state index in [0.29, 0.717) is 0 Å². The van der Waals surface area contributed by atoms with E-state index in [0.717, 1.165) is 33.1 Å². The monoisotopic (exact) mass is 256 g/mol. The third-order valence-corrected chi connectivity index (χ3v) is 3.50. The first kappa shape index (κ1) is 11.1. The van der Waals surface area contributed by atoms with E-state index in [-0.39, 0.29) is 0 Å². The van der Waals surface area contributed by atoms with E-state index >= 15 is 0 Å². The lowest BCUT2D eigenvalue weighted by molar-refractivity contribution is 1.33. The third-order valence-electron chi connectivity index (χ3n) is 3.50. The van der Waals surface area contributed by atoms with Gasteiger partial charge in [0.2, 0.25) is 0 Å². The number of hydrogen-bond acceptors (Lipinski definition) is 2. The van der Waals surface area contributed by atoms with Crippen LogP contribution in [0.5, 0.6) is 0 Å².